The number of rotatable bonds is 3. The number of hydrogen-bond acceptors (Lipinski definition) is 5. The third kappa shape index (κ3) is 3.97. The van der Waals surface area contributed by atoms with Crippen molar-refractivity contribution in [2.45, 2.75) is 52.0 Å². The van der Waals surface area contributed by atoms with E-state index in [1.54, 1.807) is 11.8 Å². The number of aromatic nitrogens is 2. The van der Waals surface area contributed by atoms with Crippen molar-refractivity contribution in [2.75, 3.05) is 32.7 Å². The highest BCUT2D eigenvalue weighted by molar-refractivity contribution is 5.89. The largest absolute Gasteiger partial charge is 0.342 e. The summed E-state index contributed by atoms with van der Waals surface area (Å²) in [4.78, 5) is 51.2. The van der Waals surface area contributed by atoms with Crippen LogP contribution in [0.1, 0.15) is 56.1 Å². The molecule has 29 heavy (non-hydrogen) atoms. The SMILES string of the molecule is CCN1CC(C(=O)N2CCC(c3ncc4c(n3)CCN(C(C)=O)C4)CC2)CC1=O. The summed E-state index contributed by atoms with van der Waals surface area (Å²) in [5, 5.41) is 0. The topological polar surface area (TPSA) is 86.7 Å². The molecule has 3 amide bonds. The average Bonchev–Trinajstić information content (AvgIpc) is 3.13. The van der Waals surface area contributed by atoms with Crippen LogP contribution in [0.5, 0.6) is 0 Å². The summed E-state index contributed by atoms with van der Waals surface area (Å²) in [6.45, 7) is 7.46. The number of amides is 3. The van der Waals surface area contributed by atoms with E-state index in [0.717, 1.165) is 36.3 Å². The Kier molecular flexibility index (Phi) is 5.52. The summed E-state index contributed by atoms with van der Waals surface area (Å²) in [5.41, 5.74) is 2.09. The second-order valence-corrected chi connectivity index (χ2v) is 8.32. The molecular formula is C21H29N5O3. The molecule has 2 saturated heterocycles. The van der Waals surface area contributed by atoms with Crippen LogP contribution >= 0.6 is 0 Å². The van der Waals surface area contributed by atoms with Crippen LogP contribution in [-0.2, 0) is 27.3 Å². The van der Waals surface area contributed by atoms with Crippen LogP contribution in [0.15, 0.2) is 6.20 Å². The Morgan fingerprint density at radius 2 is 1.93 bits per heavy atom. The van der Waals surface area contributed by atoms with E-state index in [1.165, 1.54) is 0 Å². The van der Waals surface area contributed by atoms with Gasteiger partial charge in [0.1, 0.15) is 5.82 Å². The van der Waals surface area contributed by atoms with E-state index in [0.29, 0.717) is 45.7 Å². The molecule has 4 rings (SSSR count). The van der Waals surface area contributed by atoms with Crippen molar-refractivity contribution in [3.05, 3.63) is 23.3 Å². The fourth-order valence-electron chi connectivity index (χ4n) is 4.66. The Morgan fingerprint density at radius 3 is 2.59 bits per heavy atom. The Bertz CT molecular complexity index is 819. The van der Waals surface area contributed by atoms with Crippen molar-refractivity contribution in [1.29, 1.82) is 0 Å². The van der Waals surface area contributed by atoms with Gasteiger partial charge in [0, 0.05) is 76.7 Å². The van der Waals surface area contributed by atoms with Crippen molar-refractivity contribution < 1.29 is 14.4 Å². The first-order valence-corrected chi connectivity index (χ1v) is 10.6. The van der Waals surface area contributed by atoms with E-state index in [1.807, 2.05) is 22.9 Å². The molecule has 1 atom stereocenters. The van der Waals surface area contributed by atoms with Gasteiger partial charge in [-0.2, -0.15) is 0 Å². The third-order valence-corrected chi connectivity index (χ3v) is 6.52. The van der Waals surface area contributed by atoms with E-state index in [4.69, 9.17) is 4.98 Å². The summed E-state index contributed by atoms with van der Waals surface area (Å²) in [7, 11) is 0. The molecule has 3 aliphatic rings. The zero-order chi connectivity index (χ0) is 20.5. The molecule has 0 bridgehead atoms. The Balaban J connectivity index is 1.35. The molecular weight excluding hydrogens is 370 g/mol. The number of fused-ring (bicyclic) bond motifs is 1. The van der Waals surface area contributed by atoms with Gasteiger partial charge in [-0.05, 0) is 19.8 Å². The molecule has 0 radical (unpaired) electrons. The van der Waals surface area contributed by atoms with Crippen LogP contribution in [-0.4, -0.2) is 75.1 Å². The molecule has 1 aromatic heterocycles. The van der Waals surface area contributed by atoms with Gasteiger partial charge in [-0.25, -0.2) is 9.97 Å². The first-order valence-electron chi connectivity index (χ1n) is 10.6. The Morgan fingerprint density at radius 1 is 1.17 bits per heavy atom. The number of carbonyl (C=O) groups is 3. The first kappa shape index (κ1) is 19.8. The minimum atomic E-state index is -0.191. The summed E-state index contributed by atoms with van der Waals surface area (Å²) in [6.07, 6.45) is 4.68. The minimum Gasteiger partial charge on any atom is -0.342 e. The predicted molar refractivity (Wildman–Crippen MR) is 106 cm³/mol. The van der Waals surface area contributed by atoms with Gasteiger partial charge >= 0.3 is 0 Å². The summed E-state index contributed by atoms with van der Waals surface area (Å²) in [5.74, 6) is 1.22. The zero-order valence-corrected chi connectivity index (χ0v) is 17.3. The maximum absolute atomic E-state index is 12.8. The van der Waals surface area contributed by atoms with Crippen molar-refractivity contribution in [2.24, 2.45) is 5.92 Å². The third-order valence-electron chi connectivity index (χ3n) is 6.52. The lowest BCUT2D eigenvalue weighted by molar-refractivity contribution is -0.136. The van der Waals surface area contributed by atoms with Crippen LogP contribution in [0.4, 0.5) is 0 Å². The maximum atomic E-state index is 12.8. The second-order valence-electron chi connectivity index (χ2n) is 8.32. The highest BCUT2D eigenvalue weighted by atomic mass is 16.2. The molecule has 0 N–H and O–H groups in total. The summed E-state index contributed by atoms with van der Waals surface area (Å²) >= 11 is 0. The molecule has 0 saturated carbocycles. The Hall–Kier alpha value is -2.51. The van der Waals surface area contributed by atoms with Crippen LogP contribution in [0.3, 0.4) is 0 Å². The molecule has 1 aromatic rings. The number of nitrogens with zero attached hydrogens (tertiary/aromatic N) is 5. The number of piperidine rings is 1. The van der Waals surface area contributed by atoms with Gasteiger partial charge in [0.05, 0.1) is 11.6 Å². The molecule has 2 fully saturated rings. The summed E-state index contributed by atoms with van der Waals surface area (Å²) in [6, 6.07) is 0. The van der Waals surface area contributed by atoms with Crippen LogP contribution in [0.25, 0.3) is 0 Å². The Labute approximate surface area is 171 Å². The quantitative estimate of drug-likeness (QED) is 0.756. The molecule has 0 aliphatic carbocycles. The maximum Gasteiger partial charge on any atom is 0.227 e. The first-order chi connectivity index (χ1) is 14.0. The fourth-order valence-corrected chi connectivity index (χ4v) is 4.66. The lowest BCUT2D eigenvalue weighted by atomic mass is 9.94. The van der Waals surface area contributed by atoms with Gasteiger partial charge in [-0.15, -0.1) is 0 Å². The van der Waals surface area contributed by atoms with Gasteiger partial charge in [0.15, 0.2) is 0 Å². The molecule has 0 spiro atoms. The molecule has 3 aliphatic heterocycles. The van der Waals surface area contributed by atoms with E-state index in [-0.39, 0.29) is 29.6 Å². The van der Waals surface area contributed by atoms with Crippen molar-refractivity contribution >= 4 is 17.7 Å². The van der Waals surface area contributed by atoms with Gasteiger partial charge in [-0.1, -0.05) is 0 Å². The number of hydrogen-bond donors (Lipinski definition) is 0. The lowest BCUT2D eigenvalue weighted by Crippen LogP contribution is -2.42. The van der Waals surface area contributed by atoms with Gasteiger partial charge in [-0.3, -0.25) is 14.4 Å². The van der Waals surface area contributed by atoms with E-state index in [9.17, 15) is 14.4 Å². The number of likely N-dealkylation sites (tertiary alicyclic amines) is 2. The summed E-state index contributed by atoms with van der Waals surface area (Å²) < 4.78 is 0. The average molecular weight is 399 g/mol. The molecule has 4 heterocycles. The highest BCUT2D eigenvalue weighted by Crippen LogP contribution is 2.29. The van der Waals surface area contributed by atoms with E-state index in [2.05, 4.69) is 4.98 Å². The van der Waals surface area contributed by atoms with E-state index >= 15 is 0 Å². The predicted octanol–water partition coefficient (Wildman–Crippen LogP) is 0.956. The van der Waals surface area contributed by atoms with E-state index < -0.39 is 0 Å². The standard InChI is InChI=1S/C21H29N5O3/c1-3-24-12-16(10-19(24)28)21(29)25-7-4-15(5-8-25)20-22-11-17-13-26(14(2)27)9-6-18(17)23-20/h11,15-16H,3-10,12-13H2,1-2H3. The minimum absolute atomic E-state index is 0.0859. The molecule has 8 heteroatoms. The van der Waals surface area contributed by atoms with Gasteiger partial charge < -0.3 is 14.7 Å². The second kappa shape index (κ2) is 8.08. The molecule has 156 valence electrons. The lowest BCUT2D eigenvalue weighted by Gasteiger charge is -2.33. The fraction of sp³-hybridized carbons (Fsp3) is 0.667. The van der Waals surface area contributed by atoms with Gasteiger partial charge in [0.2, 0.25) is 17.7 Å². The monoisotopic (exact) mass is 399 g/mol. The smallest absolute Gasteiger partial charge is 0.227 e. The van der Waals surface area contributed by atoms with Crippen molar-refractivity contribution in [3.8, 4) is 0 Å². The van der Waals surface area contributed by atoms with Gasteiger partial charge in [0.25, 0.3) is 0 Å². The van der Waals surface area contributed by atoms with Crippen molar-refractivity contribution in [1.82, 2.24) is 24.7 Å². The zero-order valence-electron chi connectivity index (χ0n) is 17.3. The van der Waals surface area contributed by atoms with Crippen LogP contribution < -0.4 is 0 Å². The molecule has 0 aromatic carbocycles. The van der Waals surface area contributed by atoms with Crippen molar-refractivity contribution in [3.63, 3.8) is 0 Å². The molecule has 8 nitrogen and oxygen atoms in total. The highest BCUT2D eigenvalue weighted by Gasteiger charge is 2.37. The number of carbonyl (C=O) groups excluding carboxylic acids is 3. The van der Waals surface area contributed by atoms with Crippen LogP contribution in [0, 0.1) is 5.92 Å². The molecule has 1 unspecified atom stereocenters. The van der Waals surface area contributed by atoms with Crippen LogP contribution in [0.2, 0.25) is 0 Å². The normalized spacial score (nSPS) is 22.8.